The third-order valence-corrected chi connectivity index (χ3v) is 9.27. The second-order valence-corrected chi connectivity index (χ2v) is 10.9. The molecule has 0 saturated heterocycles. The highest BCUT2D eigenvalue weighted by Crippen LogP contribution is 2.54. The molecule has 5 unspecified atom stereocenters. The minimum absolute atomic E-state index is 0.797. The summed E-state index contributed by atoms with van der Waals surface area (Å²) in [5.74, 6) is 4.16. The maximum Gasteiger partial charge on any atom is 0.0371 e. The number of rotatable bonds is 5. The van der Waals surface area contributed by atoms with Crippen molar-refractivity contribution in [2.45, 2.75) is 115 Å². The molecule has 0 bridgehead atoms. The molecule has 1 aromatic rings. The van der Waals surface area contributed by atoms with E-state index < -0.39 is 0 Å². The Morgan fingerprint density at radius 2 is 1.41 bits per heavy atom. The minimum atomic E-state index is 0.797. The minimum Gasteiger partial charge on any atom is -0.365 e. The van der Waals surface area contributed by atoms with Gasteiger partial charge in [-0.3, -0.25) is 0 Å². The Kier molecular flexibility index (Phi) is 6.21. The molecule has 0 heterocycles. The van der Waals surface area contributed by atoms with Crippen LogP contribution in [-0.2, 0) is 6.42 Å². The summed E-state index contributed by atoms with van der Waals surface area (Å²) < 4.78 is 0. The van der Waals surface area contributed by atoms with Gasteiger partial charge in [0, 0.05) is 17.8 Å². The molecule has 4 aliphatic rings. The van der Waals surface area contributed by atoms with Gasteiger partial charge in [-0.2, -0.15) is 0 Å². The Morgan fingerprint density at radius 3 is 2.14 bits per heavy atom. The average molecular weight is 394 g/mol. The van der Waals surface area contributed by atoms with Gasteiger partial charge in [-0.15, -0.1) is 0 Å². The van der Waals surface area contributed by atoms with Crippen LogP contribution in [0.3, 0.4) is 0 Å². The number of anilines is 1. The predicted molar refractivity (Wildman–Crippen MR) is 124 cm³/mol. The van der Waals surface area contributed by atoms with Crippen molar-refractivity contribution in [1.29, 1.82) is 0 Å². The van der Waals surface area contributed by atoms with Crippen LogP contribution >= 0.6 is 0 Å². The SMILES string of the molecule is CCCc1ccc(N(C2CCCCC2)C2CCC3CCCC4CCCC2C43)cc1. The van der Waals surface area contributed by atoms with Gasteiger partial charge in [0.25, 0.3) is 0 Å². The molecule has 0 aromatic heterocycles. The Labute approximate surface area is 179 Å². The third kappa shape index (κ3) is 4.00. The molecule has 160 valence electrons. The Balaban J connectivity index is 1.45. The fraction of sp³-hybridized carbons (Fsp3) is 0.786. The summed E-state index contributed by atoms with van der Waals surface area (Å²) in [6.45, 7) is 2.30. The molecule has 5 atom stereocenters. The largest absolute Gasteiger partial charge is 0.365 e. The molecule has 4 saturated carbocycles. The quantitative estimate of drug-likeness (QED) is 0.494. The third-order valence-electron chi connectivity index (χ3n) is 9.27. The molecule has 0 spiro atoms. The summed E-state index contributed by atoms with van der Waals surface area (Å²) >= 11 is 0. The van der Waals surface area contributed by atoms with Crippen molar-refractivity contribution in [2.24, 2.45) is 23.7 Å². The van der Waals surface area contributed by atoms with Crippen LogP contribution in [0.5, 0.6) is 0 Å². The van der Waals surface area contributed by atoms with E-state index in [4.69, 9.17) is 0 Å². The second-order valence-electron chi connectivity index (χ2n) is 10.9. The Morgan fingerprint density at radius 1 is 0.724 bits per heavy atom. The van der Waals surface area contributed by atoms with E-state index in [-0.39, 0.29) is 0 Å². The first-order valence-electron chi connectivity index (χ1n) is 13.2. The molecule has 5 rings (SSSR count). The van der Waals surface area contributed by atoms with Gasteiger partial charge in [0.2, 0.25) is 0 Å². The molecular weight excluding hydrogens is 350 g/mol. The van der Waals surface area contributed by atoms with Gasteiger partial charge in [0.1, 0.15) is 0 Å². The number of benzene rings is 1. The molecule has 4 aliphatic carbocycles. The highest BCUT2D eigenvalue weighted by Gasteiger charge is 2.48. The molecule has 1 nitrogen and oxygen atoms in total. The van der Waals surface area contributed by atoms with Crippen LogP contribution in [0.15, 0.2) is 24.3 Å². The second kappa shape index (κ2) is 9.03. The van der Waals surface area contributed by atoms with Gasteiger partial charge in [0.05, 0.1) is 0 Å². The van der Waals surface area contributed by atoms with Gasteiger partial charge in [0.15, 0.2) is 0 Å². The van der Waals surface area contributed by atoms with Crippen LogP contribution < -0.4 is 4.90 Å². The van der Waals surface area contributed by atoms with Crippen LogP contribution in [-0.4, -0.2) is 12.1 Å². The first kappa shape index (κ1) is 20.0. The summed E-state index contributed by atoms with van der Waals surface area (Å²) in [5.41, 5.74) is 3.08. The zero-order valence-corrected chi connectivity index (χ0v) is 18.8. The van der Waals surface area contributed by atoms with Crippen molar-refractivity contribution in [3.05, 3.63) is 29.8 Å². The van der Waals surface area contributed by atoms with E-state index in [0.29, 0.717) is 0 Å². The van der Waals surface area contributed by atoms with E-state index in [1.807, 2.05) is 0 Å². The van der Waals surface area contributed by atoms with Gasteiger partial charge in [-0.05, 0) is 79.9 Å². The van der Waals surface area contributed by atoms with Crippen molar-refractivity contribution in [1.82, 2.24) is 0 Å². The Bertz CT molecular complexity index is 634. The lowest BCUT2D eigenvalue weighted by Crippen LogP contribution is -2.55. The highest BCUT2D eigenvalue weighted by molar-refractivity contribution is 5.50. The van der Waals surface area contributed by atoms with E-state index in [1.165, 1.54) is 82.6 Å². The smallest absolute Gasteiger partial charge is 0.0371 e. The average Bonchev–Trinajstić information content (AvgIpc) is 2.78. The van der Waals surface area contributed by atoms with E-state index in [2.05, 4.69) is 36.1 Å². The van der Waals surface area contributed by atoms with Gasteiger partial charge < -0.3 is 4.90 Å². The van der Waals surface area contributed by atoms with Crippen molar-refractivity contribution in [3.63, 3.8) is 0 Å². The number of hydrogen-bond acceptors (Lipinski definition) is 1. The van der Waals surface area contributed by atoms with Crippen LogP contribution in [0.1, 0.15) is 102 Å². The summed E-state index contributed by atoms with van der Waals surface area (Å²) in [4.78, 5) is 3.01. The zero-order chi connectivity index (χ0) is 19.6. The summed E-state index contributed by atoms with van der Waals surface area (Å²) in [7, 11) is 0. The predicted octanol–water partition coefficient (Wildman–Crippen LogP) is 7.77. The van der Waals surface area contributed by atoms with Gasteiger partial charge in [-0.25, -0.2) is 0 Å². The van der Waals surface area contributed by atoms with Gasteiger partial charge >= 0.3 is 0 Å². The lowest BCUT2D eigenvalue weighted by Gasteiger charge is -2.56. The molecule has 0 aliphatic heterocycles. The van der Waals surface area contributed by atoms with Crippen LogP contribution in [0, 0.1) is 23.7 Å². The summed E-state index contributed by atoms with van der Waals surface area (Å²) in [6.07, 6.45) is 21.8. The molecule has 1 aromatic carbocycles. The first-order chi connectivity index (χ1) is 14.3. The van der Waals surface area contributed by atoms with Crippen LogP contribution in [0.2, 0.25) is 0 Å². The Hall–Kier alpha value is -0.980. The fourth-order valence-electron chi connectivity index (χ4n) is 8.14. The molecule has 1 heteroatoms. The topological polar surface area (TPSA) is 3.24 Å². The molecule has 0 radical (unpaired) electrons. The lowest BCUT2D eigenvalue weighted by atomic mass is 9.54. The normalized spacial score (nSPS) is 35.1. The van der Waals surface area contributed by atoms with Crippen molar-refractivity contribution < 1.29 is 0 Å². The standard InChI is InChI=1S/C28H43N/c1-2-8-21-15-18-25(19-16-21)29(24-12-4-3-5-13-24)27-20-17-23-10-6-9-22-11-7-14-26(27)28(22)23/h15-16,18-19,22-24,26-28H,2-14,17,20H2,1H3. The lowest BCUT2D eigenvalue weighted by molar-refractivity contribution is -0.00357. The number of aryl methyl sites for hydroxylation is 1. The molecule has 0 amide bonds. The molecule has 0 N–H and O–H groups in total. The molecular formula is C28H43N. The van der Waals surface area contributed by atoms with E-state index in [0.717, 1.165) is 35.8 Å². The highest BCUT2D eigenvalue weighted by atomic mass is 15.2. The fourth-order valence-corrected chi connectivity index (χ4v) is 8.14. The van der Waals surface area contributed by atoms with E-state index in [1.54, 1.807) is 24.9 Å². The molecule has 29 heavy (non-hydrogen) atoms. The van der Waals surface area contributed by atoms with E-state index >= 15 is 0 Å². The monoisotopic (exact) mass is 393 g/mol. The van der Waals surface area contributed by atoms with Crippen molar-refractivity contribution in [2.75, 3.05) is 4.90 Å². The zero-order valence-electron chi connectivity index (χ0n) is 18.8. The summed E-state index contributed by atoms with van der Waals surface area (Å²) in [6, 6.07) is 11.5. The van der Waals surface area contributed by atoms with Crippen LogP contribution in [0.25, 0.3) is 0 Å². The summed E-state index contributed by atoms with van der Waals surface area (Å²) in [5, 5.41) is 0. The maximum atomic E-state index is 3.01. The number of nitrogens with zero attached hydrogens (tertiary/aromatic N) is 1. The van der Waals surface area contributed by atoms with Gasteiger partial charge in [-0.1, -0.05) is 76.8 Å². The van der Waals surface area contributed by atoms with Crippen LogP contribution in [0.4, 0.5) is 5.69 Å². The van der Waals surface area contributed by atoms with Crippen molar-refractivity contribution in [3.8, 4) is 0 Å². The maximum absolute atomic E-state index is 3.01. The number of hydrogen-bond donors (Lipinski definition) is 0. The molecule has 4 fully saturated rings. The first-order valence-corrected chi connectivity index (χ1v) is 13.2. The van der Waals surface area contributed by atoms with E-state index in [9.17, 15) is 0 Å². The van der Waals surface area contributed by atoms with Crippen molar-refractivity contribution >= 4 is 5.69 Å².